The highest BCUT2D eigenvalue weighted by atomic mass is 19.1. The highest BCUT2D eigenvalue weighted by Gasteiger charge is 2.30. The van der Waals surface area contributed by atoms with Gasteiger partial charge in [-0.3, -0.25) is 4.79 Å². The van der Waals surface area contributed by atoms with E-state index in [-0.39, 0.29) is 23.7 Å². The molecule has 4 rings (SSSR count). The largest absolute Gasteiger partial charge is 0.390 e. The lowest BCUT2D eigenvalue weighted by Gasteiger charge is -2.41. The fourth-order valence-corrected chi connectivity index (χ4v) is 4.55. The van der Waals surface area contributed by atoms with E-state index in [0.29, 0.717) is 49.8 Å². The van der Waals surface area contributed by atoms with Gasteiger partial charge in [-0.05, 0) is 57.7 Å². The number of carbonyl (C=O) groups is 1. The minimum absolute atomic E-state index is 0.00224. The number of piperazine rings is 1. The van der Waals surface area contributed by atoms with Crippen LogP contribution in [0.2, 0.25) is 0 Å². The van der Waals surface area contributed by atoms with Gasteiger partial charge in [-0.25, -0.2) is 19.2 Å². The predicted molar refractivity (Wildman–Crippen MR) is 124 cm³/mol. The molecule has 0 radical (unpaired) electrons. The molecule has 1 saturated carbocycles. The number of hydrogen-bond acceptors (Lipinski definition) is 6. The van der Waals surface area contributed by atoms with Crippen molar-refractivity contribution in [2.24, 2.45) is 0 Å². The van der Waals surface area contributed by atoms with E-state index in [2.05, 4.69) is 20.1 Å². The molecule has 174 valence electrons. The zero-order valence-electron chi connectivity index (χ0n) is 19.0. The minimum Gasteiger partial charge on any atom is -0.390 e. The number of carbonyl (C=O) groups excluding carboxylic acids is 1. The molecule has 2 N–H and O–H groups in total. The van der Waals surface area contributed by atoms with E-state index in [4.69, 9.17) is 6.57 Å². The number of aliphatic hydroxyl groups is 1. The zero-order valence-corrected chi connectivity index (χ0v) is 19.0. The van der Waals surface area contributed by atoms with Gasteiger partial charge < -0.3 is 20.2 Å². The molecule has 1 saturated heterocycles. The van der Waals surface area contributed by atoms with Crippen LogP contribution in [0.15, 0.2) is 30.5 Å². The summed E-state index contributed by atoms with van der Waals surface area (Å²) in [5.41, 5.74) is 0.427. The van der Waals surface area contributed by atoms with Gasteiger partial charge in [0.1, 0.15) is 11.5 Å². The maximum Gasteiger partial charge on any atom is 0.270 e. The molecule has 1 amide bonds. The number of benzene rings is 1. The van der Waals surface area contributed by atoms with Gasteiger partial charge in [0.25, 0.3) is 5.91 Å². The summed E-state index contributed by atoms with van der Waals surface area (Å²) in [7, 11) is 0. The first kappa shape index (κ1) is 22.9. The van der Waals surface area contributed by atoms with Gasteiger partial charge in [-0.1, -0.05) is 6.07 Å². The van der Waals surface area contributed by atoms with Gasteiger partial charge in [0.2, 0.25) is 5.95 Å². The van der Waals surface area contributed by atoms with E-state index in [9.17, 15) is 14.3 Å². The normalized spacial score (nSPS) is 25.4. The van der Waals surface area contributed by atoms with Crippen LogP contribution < -0.4 is 15.1 Å². The van der Waals surface area contributed by atoms with Crippen molar-refractivity contribution in [2.45, 2.75) is 57.2 Å². The molecular weight excluding hydrogens is 423 g/mol. The second kappa shape index (κ2) is 9.32. The quantitative estimate of drug-likeness (QED) is 0.693. The summed E-state index contributed by atoms with van der Waals surface area (Å²) >= 11 is 0. The molecule has 0 spiro atoms. The first-order valence-corrected chi connectivity index (χ1v) is 11.3. The fraction of sp³-hybridized carbons (Fsp3) is 0.500. The fourth-order valence-electron chi connectivity index (χ4n) is 4.55. The average molecular weight is 453 g/mol. The Morgan fingerprint density at radius 2 is 2.06 bits per heavy atom. The van der Waals surface area contributed by atoms with Crippen LogP contribution in [-0.2, 0) is 0 Å². The molecule has 9 heteroatoms. The van der Waals surface area contributed by atoms with Crippen LogP contribution in [0, 0.1) is 12.4 Å². The lowest BCUT2D eigenvalue weighted by atomic mass is 9.83. The summed E-state index contributed by atoms with van der Waals surface area (Å²) in [6, 6.07) is 6.17. The molecule has 8 nitrogen and oxygen atoms in total. The lowest BCUT2D eigenvalue weighted by molar-refractivity contribution is 0.0140. The molecule has 1 atom stereocenters. The van der Waals surface area contributed by atoms with Crippen molar-refractivity contribution in [3.05, 3.63) is 53.4 Å². The van der Waals surface area contributed by atoms with Crippen LogP contribution in [0.5, 0.6) is 0 Å². The average Bonchev–Trinajstić information content (AvgIpc) is 2.80. The highest BCUT2D eigenvalue weighted by Crippen LogP contribution is 2.29. The molecule has 1 aliphatic heterocycles. The van der Waals surface area contributed by atoms with E-state index < -0.39 is 11.4 Å². The Morgan fingerprint density at radius 3 is 2.73 bits per heavy atom. The molecule has 2 aliphatic rings. The molecule has 2 fully saturated rings. The van der Waals surface area contributed by atoms with Gasteiger partial charge in [0, 0.05) is 37.9 Å². The summed E-state index contributed by atoms with van der Waals surface area (Å²) < 4.78 is 14.5. The van der Waals surface area contributed by atoms with Crippen molar-refractivity contribution in [3.63, 3.8) is 0 Å². The Balaban J connectivity index is 1.40. The maximum absolute atomic E-state index is 14.5. The van der Waals surface area contributed by atoms with E-state index in [1.54, 1.807) is 24.4 Å². The van der Waals surface area contributed by atoms with Crippen molar-refractivity contribution in [1.82, 2.24) is 15.3 Å². The van der Waals surface area contributed by atoms with Crippen molar-refractivity contribution >= 4 is 23.2 Å². The number of halogens is 1. The molecular formula is C24H29FN6O2. The Morgan fingerprint density at radius 1 is 1.30 bits per heavy atom. The van der Waals surface area contributed by atoms with E-state index in [1.807, 2.05) is 23.6 Å². The van der Waals surface area contributed by atoms with Crippen LogP contribution in [0.4, 0.5) is 21.7 Å². The molecule has 0 bridgehead atoms. The summed E-state index contributed by atoms with van der Waals surface area (Å²) in [6.45, 7) is 12.6. The first-order valence-electron chi connectivity index (χ1n) is 11.3. The van der Waals surface area contributed by atoms with Crippen LogP contribution in [0.25, 0.3) is 4.85 Å². The van der Waals surface area contributed by atoms with E-state index in [0.717, 1.165) is 12.8 Å². The highest BCUT2D eigenvalue weighted by molar-refractivity contribution is 5.92. The van der Waals surface area contributed by atoms with Gasteiger partial charge in [0.05, 0.1) is 17.9 Å². The number of nitrogens with zero attached hydrogens (tertiary/aromatic N) is 5. The Kier molecular flexibility index (Phi) is 6.47. The number of anilines is 2. The van der Waals surface area contributed by atoms with E-state index >= 15 is 0 Å². The number of hydrogen-bond donors (Lipinski definition) is 2. The number of nitrogens with one attached hydrogen (secondary N) is 1. The second-order valence-corrected chi connectivity index (χ2v) is 9.22. The van der Waals surface area contributed by atoms with Crippen molar-refractivity contribution in [1.29, 1.82) is 0 Å². The molecule has 2 heterocycles. The minimum atomic E-state index is -0.649. The summed E-state index contributed by atoms with van der Waals surface area (Å²) in [6.07, 6.45) is 4.39. The van der Waals surface area contributed by atoms with Crippen LogP contribution in [-0.4, -0.2) is 58.3 Å². The number of rotatable bonds is 4. The lowest BCUT2D eigenvalue weighted by Crippen LogP contribution is -2.53. The Bertz CT molecular complexity index is 1060. The predicted octanol–water partition coefficient (Wildman–Crippen LogP) is 3.30. The summed E-state index contributed by atoms with van der Waals surface area (Å²) in [5.74, 6) is -0.160. The SMILES string of the molecule is [C-]#[N+]c1ccc(N2CCN(c3nccc(C(=O)NC4CCC(C)(O)CC4)n3)[C@H](C)C2)c(F)c1. The molecule has 1 aromatic heterocycles. The standard InChI is InChI=1S/C24H29FN6O2/c1-16-15-30(21-5-4-18(26-3)14-19(21)25)12-13-31(16)23-27-11-8-20(29-23)22(32)28-17-6-9-24(2,33)10-7-17/h4-5,8,11,14,16-17,33H,6-7,9-10,12-13,15H2,1-2H3,(H,28,32)/t16-,17?,24?/m1/s1. The Hall–Kier alpha value is -3.25. The number of amides is 1. The molecule has 0 unspecified atom stereocenters. The molecule has 1 aliphatic carbocycles. The van der Waals surface area contributed by atoms with Crippen molar-refractivity contribution in [3.8, 4) is 0 Å². The van der Waals surface area contributed by atoms with Gasteiger partial charge >= 0.3 is 0 Å². The van der Waals surface area contributed by atoms with E-state index in [1.165, 1.54) is 6.07 Å². The summed E-state index contributed by atoms with van der Waals surface area (Å²) in [5, 5.41) is 13.1. The summed E-state index contributed by atoms with van der Waals surface area (Å²) in [4.78, 5) is 28.9. The van der Waals surface area contributed by atoms with Crippen LogP contribution in [0.1, 0.15) is 50.0 Å². The smallest absolute Gasteiger partial charge is 0.270 e. The number of aromatic nitrogens is 2. The van der Waals surface area contributed by atoms with Crippen molar-refractivity contribution in [2.75, 3.05) is 29.4 Å². The monoisotopic (exact) mass is 452 g/mol. The van der Waals surface area contributed by atoms with Crippen molar-refractivity contribution < 1.29 is 14.3 Å². The van der Waals surface area contributed by atoms with Gasteiger partial charge in [0.15, 0.2) is 5.69 Å². The molecule has 1 aromatic carbocycles. The van der Waals surface area contributed by atoms with Gasteiger partial charge in [-0.15, -0.1) is 0 Å². The maximum atomic E-state index is 14.5. The van der Waals surface area contributed by atoms with Crippen LogP contribution >= 0.6 is 0 Å². The van der Waals surface area contributed by atoms with Crippen LogP contribution in [0.3, 0.4) is 0 Å². The third-order valence-corrected chi connectivity index (χ3v) is 6.56. The third-order valence-electron chi connectivity index (χ3n) is 6.56. The second-order valence-electron chi connectivity index (χ2n) is 9.22. The van der Waals surface area contributed by atoms with Gasteiger partial charge in [-0.2, -0.15) is 0 Å². The third kappa shape index (κ3) is 5.22. The first-order chi connectivity index (χ1) is 15.8. The Labute approximate surface area is 193 Å². The molecule has 33 heavy (non-hydrogen) atoms. The molecule has 2 aromatic rings. The topological polar surface area (TPSA) is 86.0 Å². The zero-order chi connectivity index (χ0) is 23.6.